The number of rotatable bonds is 9. The summed E-state index contributed by atoms with van der Waals surface area (Å²) in [7, 11) is 7.48. The van der Waals surface area contributed by atoms with Crippen molar-refractivity contribution in [2.45, 2.75) is 38.3 Å². The second-order valence-corrected chi connectivity index (χ2v) is 10.3. The highest BCUT2D eigenvalue weighted by molar-refractivity contribution is 5.99. The summed E-state index contributed by atoms with van der Waals surface area (Å²) in [5, 5.41) is 19.3. The van der Waals surface area contributed by atoms with Gasteiger partial charge >= 0.3 is 0 Å². The first kappa shape index (κ1) is 28.1. The lowest BCUT2D eigenvalue weighted by Gasteiger charge is -2.37. The number of benzene rings is 1. The van der Waals surface area contributed by atoms with Crippen LogP contribution in [0.2, 0.25) is 0 Å². The standard InChI is InChI=1S/C28H38N8O3/c1-28(2,38)23-8-7-9-24(32-23)33-25-20(26(37)29-3)17-30-27(34-25)31-18-10-11-21(22(16-18)39-6)36-14-12-19(13-15-36)35(4)5/h7-11,16-17,19,38H,12-15H2,1-6H3,(H,29,37)(H2,30,31,32,33,34). The van der Waals surface area contributed by atoms with Gasteiger partial charge in [0.1, 0.15) is 28.5 Å². The van der Waals surface area contributed by atoms with Crippen LogP contribution >= 0.6 is 0 Å². The van der Waals surface area contributed by atoms with Crippen LogP contribution in [0, 0.1) is 0 Å². The molecule has 0 spiro atoms. The van der Waals surface area contributed by atoms with E-state index in [1.807, 2.05) is 18.2 Å². The molecule has 4 rings (SSSR count). The fourth-order valence-corrected chi connectivity index (χ4v) is 4.57. The first-order valence-corrected chi connectivity index (χ1v) is 13.0. The van der Waals surface area contributed by atoms with Crippen LogP contribution in [0.3, 0.4) is 0 Å². The number of piperidine rings is 1. The van der Waals surface area contributed by atoms with Gasteiger partial charge in [-0.25, -0.2) is 9.97 Å². The quantitative estimate of drug-likeness (QED) is 0.324. The van der Waals surface area contributed by atoms with Gasteiger partial charge in [-0.2, -0.15) is 4.98 Å². The molecule has 1 aliphatic rings. The number of ether oxygens (including phenoxy) is 1. The van der Waals surface area contributed by atoms with Crippen molar-refractivity contribution >= 4 is 34.9 Å². The number of carbonyl (C=O) groups excluding carboxylic acids is 1. The van der Waals surface area contributed by atoms with E-state index in [1.54, 1.807) is 46.2 Å². The molecule has 3 heterocycles. The van der Waals surface area contributed by atoms with Crippen LogP contribution in [-0.2, 0) is 5.60 Å². The van der Waals surface area contributed by atoms with Crippen molar-refractivity contribution in [3.63, 3.8) is 0 Å². The Bertz CT molecular complexity index is 1300. The fourth-order valence-electron chi connectivity index (χ4n) is 4.57. The van der Waals surface area contributed by atoms with E-state index in [4.69, 9.17) is 4.74 Å². The molecule has 11 nitrogen and oxygen atoms in total. The Kier molecular flexibility index (Phi) is 8.51. The zero-order valence-electron chi connectivity index (χ0n) is 23.4. The third kappa shape index (κ3) is 6.73. The highest BCUT2D eigenvalue weighted by Crippen LogP contribution is 2.34. The van der Waals surface area contributed by atoms with Gasteiger partial charge in [0.2, 0.25) is 5.95 Å². The van der Waals surface area contributed by atoms with Gasteiger partial charge in [0.25, 0.3) is 5.91 Å². The molecule has 11 heteroatoms. The molecule has 39 heavy (non-hydrogen) atoms. The molecular formula is C28H38N8O3. The van der Waals surface area contributed by atoms with E-state index >= 15 is 0 Å². The van der Waals surface area contributed by atoms with Crippen LogP contribution in [0.5, 0.6) is 5.75 Å². The van der Waals surface area contributed by atoms with E-state index in [2.05, 4.69) is 54.8 Å². The molecule has 4 N–H and O–H groups in total. The molecule has 0 bridgehead atoms. The van der Waals surface area contributed by atoms with Crippen molar-refractivity contribution < 1.29 is 14.6 Å². The number of pyridine rings is 1. The van der Waals surface area contributed by atoms with Crippen molar-refractivity contribution in [1.82, 2.24) is 25.2 Å². The first-order chi connectivity index (χ1) is 18.6. The second kappa shape index (κ2) is 11.8. The predicted octanol–water partition coefficient (Wildman–Crippen LogP) is 3.48. The number of nitrogens with one attached hydrogen (secondary N) is 3. The lowest BCUT2D eigenvalue weighted by atomic mass is 10.0. The summed E-state index contributed by atoms with van der Waals surface area (Å²) >= 11 is 0. The topological polar surface area (TPSA) is 128 Å². The normalized spacial score (nSPS) is 14.3. The Labute approximate surface area is 229 Å². The van der Waals surface area contributed by atoms with Gasteiger partial charge in [0, 0.05) is 44.1 Å². The molecule has 0 saturated carbocycles. The summed E-state index contributed by atoms with van der Waals surface area (Å²) in [4.78, 5) is 30.6. The maximum Gasteiger partial charge on any atom is 0.256 e. The first-order valence-electron chi connectivity index (χ1n) is 13.0. The zero-order chi connectivity index (χ0) is 28.2. The number of carbonyl (C=O) groups is 1. The minimum atomic E-state index is -1.12. The van der Waals surface area contributed by atoms with E-state index in [0.717, 1.165) is 43.1 Å². The summed E-state index contributed by atoms with van der Waals surface area (Å²) in [6, 6.07) is 11.8. The maximum atomic E-state index is 12.5. The Morgan fingerprint density at radius 3 is 2.51 bits per heavy atom. The molecule has 2 aromatic heterocycles. The number of methoxy groups -OCH3 is 1. The minimum Gasteiger partial charge on any atom is -0.495 e. The van der Waals surface area contributed by atoms with Crippen LogP contribution in [-0.4, -0.2) is 78.2 Å². The van der Waals surface area contributed by atoms with Crippen LogP contribution in [0.1, 0.15) is 42.7 Å². The smallest absolute Gasteiger partial charge is 0.256 e. The molecular weight excluding hydrogens is 496 g/mol. The van der Waals surface area contributed by atoms with Gasteiger partial charge in [0.05, 0.1) is 18.5 Å². The largest absolute Gasteiger partial charge is 0.495 e. The van der Waals surface area contributed by atoms with Crippen molar-refractivity contribution in [2.24, 2.45) is 0 Å². The van der Waals surface area contributed by atoms with Gasteiger partial charge in [-0.3, -0.25) is 4.79 Å². The van der Waals surface area contributed by atoms with Gasteiger partial charge in [0.15, 0.2) is 0 Å². The SMILES string of the molecule is CNC(=O)c1cnc(Nc2ccc(N3CCC(N(C)C)CC3)c(OC)c2)nc1Nc1cccc(C(C)(C)O)n1. The van der Waals surface area contributed by atoms with Gasteiger partial charge in [-0.05, 0) is 65.0 Å². The van der Waals surface area contributed by atoms with Crippen molar-refractivity contribution in [3.8, 4) is 5.75 Å². The Hall–Kier alpha value is -3.96. The number of hydrogen-bond donors (Lipinski definition) is 4. The fraction of sp³-hybridized carbons (Fsp3) is 0.429. The summed E-state index contributed by atoms with van der Waals surface area (Å²) in [6.07, 6.45) is 3.66. The molecule has 0 aliphatic carbocycles. The van der Waals surface area contributed by atoms with E-state index in [0.29, 0.717) is 23.5 Å². The van der Waals surface area contributed by atoms with Crippen LogP contribution in [0.15, 0.2) is 42.6 Å². The third-order valence-corrected chi connectivity index (χ3v) is 6.85. The van der Waals surface area contributed by atoms with E-state index in [1.165, 1.54) is 6.20 Å². The van der Waals surface area contributed by atoms with Gasteiger partial charge in [-0.1, -0.05) is 6.07 Å². The monoisotopic (exact) mass is 534 g/mol. The number of aliphatic hydroxyl groups is 1. The Morgan fingerprint density at radius 2 is 1.87 bits per heavy atom. The highest BCUT2D eigenvalue weighted by Gasteiger charge is 2.23. The number of aromatic nitrogens is 3. The molecule has 0 unspecified atom stereocenters. The number of amides is 1. The maximum absolute atomic E-state index is 12.5. The van der Waals surface area contributed by atoms with Crippen molar-refractivity contribution in [3.05, 3.63) is 53.9 Å². The Morgan fingerprint density at radius 1 is 1.13 bits per heavy atom. The number of anilines is 5. The number of hydrogen-bond acceptors (Lipinski definition) is 10. The van der Waals surface area contributed by atoms with Gasteiger partial charge in [-0.15, -0.1) is 0 Å². The molecule has 0 radical (unpaired) electrons. The third-order valence-electron chi connectivity index (χ3n) is 6.85. The molecule has 1 fully saturated rings. The van der Waals surface area contributed by atoms with E-state index in [9.17, 15) is 9.90 Å². The van der Waals surface area contributed by atoms with Crippen LogP contribution < -0.4 is 25.6 Å². The van der Waals surface area contributed by atoms with E-state index < -0.39 is 5.60 Å². The zero-order valence-corrected chi connectivity index (χ0v) is 23.4. The van der Waals surface area contributed by atoms with Crippen LogP contribution in [0.4, 0.5) is 29.0 Å². The summed E-state index contributed by atoms with van der Waals surface area (Å²) in [6.45, 7) is 5.25. The van der Waals surface area contributed by atoms with E-state index in [-0.39, 0.29) is 17.3 Å². The van der Waals surface area contributed by atoms with Gasteiger partial charge < -0.3 is 35.6 Å². The van der Waals surface area contributed by atoms with Crippen molar-refractivity contribution in [1.29, 1.82) is 0 Å². The number of nitrogens with zero attached hydrogens (tertiary/aromatic N) is 5. The van der Waals surface area contributed by atoms with Crippen molar-refractivity contribution in [2.75, 3.05) is 56.9 Å². The summed E-state index contributed by atoms with van der Waals surface area (Å²) in [5.74, 6) is 1.43. The molecule has 3 aromatic rings. The summed E-state index contributed by atoms with van der Waals surface area (Å²) in [5.41, 5.74) is 1.43. The van der Waals surface area contributed by atoms with Crippen LogP contribution in [0.25, 0.3) is 0 Å². The molecule has 1 aromatic carbocycles. The Balaban J connectivity index is 1.57. The molecule has 1 saturated heterocycles. The lowest BCUT2D eigenvalue weighted by molar-refractivity contribution is 0.0740. The second-order valence-electron chi connectivity index (χ2n) is 10.3. The molecule has 208 valence electrons. The molecule has 1 amide bonds. The predicted molar refractivity (Wildman–Crippen MR) is 153 cm³/mol. The average Bonchev–Trinajstić information content (AvgIpc) is 2.92. The summed E-state index contributed by atoms with van der Waals surface area (Å²) < 4.78 is 5.73. The molecule has 0 atom stereocenters. The lowest BCUT2D eigenvalue weighted by Crippen LogP contribution is -2.42. The highest BCUT2D eigenvalue weighted by atomic mass is 16.5. The minimum absolute atomic E-state index is 0.257. The average molecular weight is 535 g/mol. The molecule has 1 aliphatic heterocycles.